The van der Waals surface area contributed by atoms with E-state index in [1.54, 1.807) is 11.0 Å². The van der Waals surface area contributed by atoms with Crippen LogP contribution in [0.3, 0.4) is 0 Å². The number of rotatable bonds is 3. The van der Waals surface area contributed by atoms with E-state index < -0.39 is 10.5 Å². The van der Waals surface area contributed by atoms with Crippen molar-refractivity contribution in [2.45, 2.75) is 38.5 Å². The predicted molar refractivity (Wildman–Crippen MR) is 97.2 cm³/mol. The molecule has 2 saturated heterocycles. The van der Waals surface area contributed by atoms with Gasteiger partial charge in [-0.3, -0.25) is 19.8 Å². The minimum atomic E-state index is -0.591. The number of morpholine rings is 1. The summed E-state index contributed by atoms with van der Waals surface area (Å²) in [5.74, 6) is 0. The standard InChI is InChI=1S/C18H23N3O6/c1-18(2,3)27-17(23)20-14-7-19(8-15(20)11-26-10-14)16-5-4-13(21(24)25)6-12(16)9-22/h4-6,9,14-15H,7-8,10-11H2,1-3H3. The monoisotopic (exact) mass is 377 g/mol. The number of piperazine rings is 1. The van der Waals surface area contributed by atoms with Crippen LogP contribution in [0.4, 0.5) is 16.2 Å². The summed E-state index contributed by atoms with van der Waals surface area (Å²) in [5, 5.41) is 10.9. The maximum absolute atomic E-state index is 12.6. The highest BCUT2D eigenvalue weighted by Crippen LogP contribution is 2.30. The highest BCUT2D eigenvalue weighted by atomic mass is 16.6. The summed E-state index contributed by atoms with van der Waals surface area (Å²) in [5.41, 5.74) is 0.161. The molecule has 1 aromatic rings. The van der Waals surface area contributed by atoms with Crippen molar-refractivity contribution in [2.75, 3.05) is 31.2 Å². The normalized spacial score (nSPS) is 22.3. The van der Waals surface area contributed by atoms with E-state index in [-0.39, 0.29) is 29.4 Å². The van der Waals surface area contributed by atoms with Crippen LogP contribution in [-0.4, -0.2) is 66.2 Å². The molecule has 2 unspecified atom stereocenters. The van der Waals surface area contributed by atoms with Crippen molar-refractivity contribution in [3.63, 3.8) is 0 Å². The van der Waals surface area contributed by atoms with Crippen LogP contribution >= 0.6 is 0 Å². The third kappa shape index (κ3) is 4.02. The fourth-order valence-corrected chi connectivity index (χ4v) is 3.51. The summed E-state index contributed by atoms with van der Waals surface area (Å²) in [6, 6.07) is 3.80. The number of nitro benzene ring substituents is 1. The first-order valence-corrected chi connectivity index (χ1v) is 8.77. The highest BCUT2D eigenvalue weighted by Gasteiger charge is 2.43. The summed E-state index contributed by atoms with van der Waals surface area (Å²) in [6.07, 6.45) is 0.245. The molecule has 0 saturated carbocycles. The molecule has 9 heteroatoms. The molecular weight excluding hydrogens is 354 g/mol. The first-order chi connectivity index (χ1) is 12.7. The molecular formula is C18H23N3O6. The molecule has 2 atom stereocenters. The van der Waals surface area contributed by atoms with E-state index in [2.05, 4.69) is 0 Å². The Balaban J connectivity index is 1.84. The van der Waals surface area contributed by atoms with Gasteiger partial charge < -0.3 is 14.4 Å². The first kappa shape index (κ1) is 19.1. The molecule has 0 radical (unpaired) electrons. The lowest BCUT2D eigenvalue weighted by molar-refractivity contribution is -0.384. The fourth-order valence-electron chi connectivity index (χ4n) is 3.51. The number of hydrogen-bond donors (Lipinski definition) is 0. The average Bonchev–Trinajstić information content (AvgIpc) is 2.58. The number of nitrogens with zero attached hydrogens (tertiary/aromatic N) is 3. The summed E-state index contributed by atoms with van der Waals surface area (Å²) >= 11 is 0. The van der Waals surface area contributed by atoms with E-state index in [4.69, 9.17) is 9.47 Å². The number of benzene rings is 1. The molecule has 2 bridgehead atoms. The van der Waals surface area contributed by atoms with Crippen LogP contribution in [0.25, 0.3) is 0 Å². The molecule has 2 heterocycles. The Kier molecular flexibility index (Phi) is 5.05. The molecule has 0 spiro atoms. The second kappa shape index (κ2) is 7.15. The Morgan fingerprint density at radius 2 is 1.93 bits per heavy atom. The van der Waals surface area contributed by atoms with Gasteiger partial charge in [0.25, 0.3) is 5.69 Å². The van der Waals surface area contributed by atoms with Gasteiger partial charge in [-0.1, -0.05) is 0 Å². The van der Waals surface area contributed by atoms with E-state index in [1.807, 2.05) is 25.7 Å². The zero-order chi connectivity index (χ0) is 19.8. The average molecular weight is 377 g/mol. The Bertz CT molecular complexity index is 746. The topological polar surface area (TPSA) is 102 Å². The van der Waals surface area contributed by atoms with Gasteiger partial charge >= 0.3 is 6.09 Å². The molecule has 2 aliphatic rings. The zero-order valence-electron chi connectivity index (χ0n) is 15.6. The summed E-state index contributed by atoms with van der Waals surface area (Å²) in [4.78, 5) is 38.2. The highest BCUT2D eigenvalue weighted by molar-refractivity contribution is 5.86. The molecule has 1 aromatic carbocycles. The van der Waals surface area contributed by atoms with E-state index in [0.717, 1.165) is 0 Å². The predicted octanol–water partition coefficient (Wildman–Crippen LogP) is 2.23. The van der Waals surface area contributed by atoms with Crippen molar-refractivity contribution in [3.05, 3.63) is 33.9 Å². The Hall–Kier alpha value is -2.68. The largest absolute Gasteiger partial charge is 0.444 e. The third-order valence-electron chi connectivity index (χ3n) is 4.56. The number of nitro groups is 1. The SMILES string of the molecule is CC(C)(C)OC(=O)N1C2COCC1CN(c1ccc([N+](=O)[O-])cc1C=O)C2. The van der Waals surface area contributed by atoms with Gasteiger partial charge in [0.2, 0.25) is 0 Å². The van der Waals surface area contributed by atoms with E-state index >= 15 is 0 Å². The van der Waals surface area contributed by atoms with Crippen LogP contribution in [0.15, 0.2) is 18.2 Å². The van der Waals surface area contributed by atoms with Crippen LogP contribution in [0, 0.1) is 10.1 Å². The number of anilines is 1. The number of fused-ring (bicyclic) bond motifs is 2. The van der Waals surface area contributed by atoms with Crippen LogP contribution < -0.4 is 4.90 Å². The van der Waals surface area contributed by atoms with E-state index in [0.29, 0.717) is 38.3 Å². The van der Waals surface area contributed by atoms with Crippen LogP contribution in [0.2, 0.25) is 0 Å². The van der Waals surface area contributed by atoms with Gasteiger partial charge in [-0.15, -0.1) is 0 Å². The summed E-state index contributed by atoms with van der Waals surface area (Å²) < 4.78 is 11.1. The van der Waals surface area contributed by atoms with Crippen molar-refractivity contribution in [1.82, 2.24) is 4.90 Å². The van der Waals surface area contributed by atoms with Crippen molar-refractivity contribution in [2.24, 2.45) is 0 Å². The molecule has 0 aromatic heterocycles. The lowest BCUT2D eigenvalue weighted by atomic mass is 10.0. The molecule has 2 fully saturated rings. The maximum Gasteiger partial charge on any atom is 0.411 e. The number of ether oxygens (including phenoxy) is 2. The summed E-state index contributed by atoms with van der Waals surface area (Å²) in [7, 11) is 0. The second-order valence-corrected chi connectivity index (χ2v) is 7.76. The van der Waals surface area contributed by atoms with Gasteiger partial charge in [0, 0.05) is 36.5 Å². The summed E-state index contributed by atoms with van der Waals surface area (Å²) in [6.45, 7) is 7.11. The molecule has 0 aliphatic carbocycles. The van der Waals surface area contributed by atoms with E-state index in [9.17, 15) is 19.7 Å². The van der Waals surface area contributed by atoms with Crippen LogP contribution in [0.5, 0.6) is 0 Å². The van der Waals surface area contributed by atoms with E-state index in [1.165, 1.54) is 12.1 Å². The molecule has 3 rings (SSSR count). The Labute approximate surface area is 157 Å². The molecule has 0 N–H and O–H groups in total. The van der Waals surface area contributed by atoms with Gasteiger partial charge in [-0.25, -0.2) is 4.79 Å². The van der Waals surface area contributed by atoms with Crippen molar-refractivity contribution < 1.29 is 24.0 Å². The smallest absolute Gasteiger partial charge is 0.411 e. The van der Waals surface area contributed by atoms with Gasteiger partial charge in [-0.05, 0) is 26.8 Å². The van der Waals surface area contributed by atoms with Gasteiger partial charge in [0.15, 0.2) is 6.29 Å². The number of amides is 1. The Morgan fingerprint density at radius 3 is 2.44 bits per heavy atom. The molecule has 2 aliphatic heterocycles. The molecule has 1 amide bonds. The number of carbonyl (C=O) groups is 2. The number of aldehydes is 1. The quantitative estimate of drug-likeness (QED) is 0.452. The lowest BCUT2D eigenvalue weighted by Crippen LogP contribution is -2.66. The lowest BCUT2D eigenvalue weighted by Gasteiger charge is -2.50. The van der Waals surface area contributed by atoms with Crippen molar-refractivity contribution in [1.29, 1.82) is 0 Å². The zero-order valence-corrected chi connectivity index (χ0v) is 15.6. The Morgan fingerprint density at radius 1 is 1.30 bits per heavy atom. The van der Waals surface area contributed by atoms with Gasteiger partial charge in [0.05, 0.1) is 30.2 Å². The maximum atomic E-state index is 12.6. The van der Waals surface area contributed by atoms with Crippen LogP contribution in [0.1, 0.15) is 31.1 Å². The minimum absolute atomic E-state index is 0.128. The third-order valence-corrected chi connectivity index (χ3v) is 4.56. The fraction of sp³-hybridized carbons (Fsp3) is 0.556. The minimum Gasteiger partial charge on any atom is -0.444 e. The number of carbonyl (C=O) groups excluding carboxylic acids is 2. The molecule has 9 nitrogen and oxygen atoms in total. The number of non-ortho nitro benzene ring substituents is 1. The number of hydrogen-bond acceptors (Lipinski definition) is 7. The van der Waals surface area contributed by atoms with Gasteiger partial charge in [0.1, 0.15) is 5.60 Å². The van der Waals surface area contributed by atoms with Crippen LogP contribution in [-0.2, 0) is 9.47 Å². The van der Waals surface area contributed by atoms with Crippen molar-refractivity contribution in [3.8, 4) is 0 Å². The molecule has 146 valence electrons. The van der Waals surface area contributed by atoms with Gasteiger partial charge in [-0.2, -0.15) is 0 Å². The molecule has 27 heavy (non-hydrogen) atoms. The van der Waals surface area contributed by atoms with Crippen molar-refractivity contribution >= 4 is 23.8 Å². The first-order valence-electron chi connectivity index (χ1n) is 8.77. The second-order valence-electron chi connectivity index (χ2n) is 7.76.